The largest absolute Gasteiger partial charge is 0.349 e. The van der Waals surface area contributed by atoms with Gasteiger partial charge in [0, 0.05) is 30.9 Å². The van der Waals surface area contributed by atoms with E-state index in [1.54, 1.807) is 13.0 Å². The van der Waals surface area contributed by atoms with Gasteiger partial charge in [-0.25, -0.2) is 4.68 Å². The fourth-order valence-corrected chi connectivity index (χ4v) is 2.27. The van der Waals surface area contributed by atoms with Crippen LogP contribution in [0.5, 0.6) is 0 Å². The fourth-order valence-electron chi connectivity index (χ4n) is 2.27. The zero-order valence-electron chi connectivity index (χ0n) is 14.4. The molecule has 0 aliphatic rings. The first-order chi connectivity index (χ1) is 12.0. The van der Waals surface area contributed by atoms with Crippen molar-refractivity contribution in [2.24, 2.45) is 0 Å². The SMILES string of the molecule is CCNCCNC(=O)c1nn(-c2ccccc2[N+](=O)[O-])c(C)cc1=O.Cl. The molecule has 10 heteroatoms. The van der Waals surface area contributed by atoms with Crippen molar-refractivity contribution >= 4 is 24.0 Å². The van der Waals surface area contributed by atoms with E-state index in [1.807, 2.05) is 6.92 Å². The Hall–Kier alpha value is -2.78. The van der Waals surface area contributed by atoms with E-state index in [0.717, 1.165) is 6.54 Å². The molecule has 0 saturated heterocycles. The highest BCUT2D eigenvalue weighted by Crippen LogP contribution is 2.22. The lowest BCUT2D eigenvalue weighted by Crippen LogP contribution is -2.36. The summed E-state index contributed by atoms with van der Waals surface area (Å²) in [5, 5.41) is 20.9. The Bertz CT molecular complexity index is 853. The number of benzene rings is 1. The standard InChI is InChI=1S/C16H19N5O4.ClH/c1-3-17-8-9-18-16(23)15-14(22)10-11(2)20(19-15)12-6-4-5-7-13(12)21(24)25;/h4-7,10,17H,3,8-9H2,1-2H3,(H,18,23);1H. The molecule has 0 saturated carbocycles. The number of nitro benzene ring substituents is 1. The van der Waals surface area contributed by atoms with Crippen LogP contribution in [0.1, 0.15) is 23.1 Å². The molecule has 0 radical (unpaired) electrons. The summed E-state index contributed by atoms with van der Waals surface area (Å²) in [5.41, 5.74) is -0.427. The summed E-state index contributed by atoms with van der Waals surface area (Å²) in [7, 11) is 0. The Kier molecular flexibility index (Phi) is 7.88. The van der Waals surface area contributed by atoms with Crippen LogP contribution in [0, 0.1) is 17.0 Å². The number of amides is 1. The lowest BCUT2D eigenvalue weighted by molar-refractivity contribution is -0.384. The van der Waals surface area contributed by atoms with Crippen LogP contribution in [0.2, 0.25) is 0 Å². The summed E-state index contributed by atoms with van der Waals surface area (Å²) < 4.78 is 1.23. The lowest BCUT2D eigenvalue weighted by atomic mass is 10.2. The molecule has 140 valence electrons. The number of para-hydroxylation sites is 2. The summed E-state index contributed by atoms with van der Waals surface area (Å²) in [6.45, 7) is 5.20. The van der Waals surface area contributed by atoms with Crippen molar-refractivity contribution in [3.8, 4) is 5.69 Å². The second kappa shape index (κ2) is 9.64. The number of halogens is 1. The lowest BCUT2D eigenvalue weighted by Gasteiger charge is -2.11. The van der Waals surface area contributed by atoms with Crippen LogP contribution in [0.25, 0.3) is 5.69 Å². The van der Waals surface area contributed by atoms with Gasteiger partial charge >= 0.3 is 0 Å². The van der Waals surface area contributed by atoms with Crippen LogP contribution in [0.4, 0.5) is 5.69 Å². The number of hydrogen-bond acceptors (Lipinski definition) is 6. The van der Waals surface area contributed by atoms with Crippen LogP contribution >= 0.6 is 12.4 Å². The molecule has 26 heavy (non-hydrogen) atoms. The van der Waals surface area contributed by atoms with Crippen molar-refractivity contribution in [1.82, 2.24) is 20.4 Å². The second-order valence-electron chi connectivity index (χ2n) is 5.27. The molecule has 0 fully saturated rings. The third-order valence-electron chi connectivity index (χ3n) is 3.47. The molecule has 1 amide bonds. The summed E-state index contributed by atoms with van der Waals surface area (Å²) in [5.74, 6) is -0.616. The molecule has 0 aliphatic heterocycles. The van der Waals surface area contributed by atoms with Gasteiger partial charge in [-0.3, -0.25) is 19.7 Å². The van der Waals surface area contributed by atoms with Gasteiger partial charge in [0.05, 0.1) is 4.92 Å². The number of aromatic nitrogens is 2. The third-order valence-corrected chi connectivity index (χ3v) is 3.47. The number of carbonyl (C=O) groups excluding carboxylic acids is 1. The molecule has 2 N–H and O–H groups in total. The van der Waals surface area contributed by atoms with Crippen molar-refractivity contribution in [3.63, 3.8) is 0 Å². The number of nitro groups is 1. The molecule has 0 atom stereocenters. The summed E-state index contributed by atoms with van der Waals surface area (Å²) in [6, 6.07) is 7.24. The van der Waals surface area contributed by atoms with Gasteiger partial charge in [-0.1, -0.05) is 19.1 Å². The molecule has 0 bridgehead atoms. The van der Waals surface area contributed by atoms with Gasteiger partial charge in [-0.15, -0.1) is 12.4 Å². The van der Waals surface area contributed by atoms with Crippen LogP contribution < -0.4 is 16.1 Å². The van der Waals surface area contributed by atoms with Crippen LogP contribution in [-0.4, -0.2) is 40.2 Å². The van der Waals surface area contributed by atoms with E-state index < -0.39 is 16.3 Å². The maximum Gasteiger partial charge on any atom is 0.294 e. The predicted molar refractivity (Wildman–Crippen MR) is 99.4 cm³/mol. The minimum Gasteiger partial charge on any atom is -0.349 e. The van der Waals surface area contributed by atoms with Crippen LogP contribution in [-0.2, 0) is 0 Å². The van der Waals surface area contributed by atoms with E-state index in [9.17, 15) is 19.7 Å². The smallest absolute Gasteiger partial charge is 0.294 e. The molecule has 0 spiro atoms. The Morgan fingerprint density at radius 2 is 2.00 bits per heavy atom. The van der Waals surface area contributed by atoms with Gasteiger partial charge in [-0.2, -0.15) is 5.10 Å². The summed E-state index contributed by atoms with van der Waals surface area (Å²) in [6.07, 6.45) is 0. The van der Waals surface area contributed by atoms with E-state index in [2.05, 4.69) is 15.7 Å². The van der Waals surface area contributed by atoms with Gasteiger partial charge in [0.15, 0.2) is 5.69 Å². The quantitative estimate of drug-likeness (QED) is 0.422. The van der Waals surface area contributed by atoms with Crippen molar-refractivity contribution < 1.29 is 9.72 Å². The highest BCUT2D eigenvalue weighted by atomic mass is 35.5. The highest BCUT2D eigenvalue weighted by Gasteiger charge is 2.19. The van der Waals surface area contributed by atoms with Crippen molar-refractivity contribution in [2.75, 3.05) is 19.6 Å². The Morgan fingerprint density at radius 1 is 1.31 bits per heavy atom. The number of nitrogens with zero attached hydrogens (tertiary/aromatic N) is 3. The topological polar surface area (TPSA) is 119 Å². The number of likely N-dealkylation sites (N-methyl/N-ethyl adjacent to an activating group) is 1. The molecule has 1 aromatic heterocycles. The third kappa shape index (κ3) is 4.87. The molecular formula is C16H20ClN5O4. The molecule has 0 aliphatic carbocycles. The van der Waals surface area contributed by atoms with Crippen LogP contribution in [0.15, 0.2) is 35.1 Å². The minimum absolute atomic E-state index is 0. The maximum atomic E-state index is 12.2. The zero-order chi connectivity index (χ0) is 18.4. The highest BCUT2D eigenvalue weighted by molar-refractivity contribution is 5.92. The first kappa shape index (κ1) is 21.3. The van der Waals surface area contributed by atoms with E-state index in [1.165, 1.54) is 28.9 Å². The normalized spacial score (nSPS) is 10.1. The van der Waals surface area contributed by atoms with Crippen molar-refractivity contribution in [3.05, 3.63) is 62.1 Å². The summed E-state index contributed by atoms with van der Waals surface area (Å²) in [4.78, 5) is 35.0. The number of rotatable bonds is 7. The molecule has 2 aromatic rings. The fraction of sp³-hybridized carbons (Fsp3) is 0.312. The van der Waals surface area contributed by atoms with Gasteiger partial charge in [0.1, 0.15) is 5.69 Å². The number of carbonyl (C=O) groups is 1. The zero-order valence-corrected chi connectivity index (χ0v) is 15.2. The second-order valence-corrected chi connectivity index (χ2v) is 5.27. The van der Waals surface area contributed by atoms with E-state index in [0.29, 0.717) is 18.8 Å². The molecule has 9 nitrogen and oxygen atoms in total. The van der Waals surface area contributed by atoms with Gasteiger partial charge < -0.3 is 10.6 Å². The minimum atomic E-state index is -0.616. The van der Waals surface area contributed by atoms with Gasteiger partial charge in [0.25, 0.3) is 11.6 Å². The average Bonchev–Trinajstić information content (AvgIpc) is 2.58. The van der Waals surface area contributed by atoms with Gasteiger partial charge in [0.2, 0.25) is 5.43 Å². The number of aryl methyl sites for hydroxylation is 1. The van der Waals surface area contributed by atoms with Crippen molar-refractivity contribution in [2.45, 2.75) is 13.8 Å². The first-order valence-electron chi connectivity index (χ1n) is 7.79. The molecule has 1 heterocycles. The summed E-state index contributed by atoms with van der Waals surface area (Å²) >= 11 is 0. The van der Waals surface area contributed by atoms with E-state index in [4.69, 9.17) is 0 Å². The van der Waals surface area contributed by atoms with E-state index in [-0.39, 0.29) is 29.5 Å². The number of nitrogens with one attached hydrogen (secondary N) is 2. The van der Waals surface area contributed by atoms with Crippen molar-refractivity contribution in [1.29, 1.82) is 0 Å². The average molecular weight is 382 g/mol. The Labute approximate surface area is 156 Å². The van der Waals surface area contributed by atoms with E-state index >= 15 is 0 Å². The van der Waals surface area contributed by atoms with Crippen LogP contribution in [0.3, 0.4) is 0 Å². The van der Waals surface area contributed by atoms with Gasteiger partial charge in [-0.05, 0) is 19.5 Å². The predicted octanol–water partition coefficient (Wildman–Crippen LogP) is 1.21. The Morgan fingerprint density at radius 3 is 2.65 bits per heavy atom. The monoisotopic (exact) mass is 381 g/mol. The molecule has 2 rings (SSSR count). The molecule has 0 unspecified atom stereocenters. The maximum absolute atomic E-state index is 12.2. The number of hydrogen-bond donors (Lipinski definition) is 2. The first-order valence-corrected chi connectivity index (χ1v) is 7.79. The molecular weight excluding hydrogens is 362 g/mol. The molecule has 1 aromatic carbocycles. The Balaban J connectivity index is 0.00000338.